The van der Waals surface area contributed by atoms with Gasteiger partial charge in [-0.15, -0.1) is 6.42 Å². The van der Waals surface area contributed by atoms with Crippen LogP contribution in [0.1, 0.15) is 12.5 Å². The summed E-state index contributed by atoms with van der Waals surface area (Å²) >= 11 is 0. The molecule has 1 N–H and O–H groups in total. The lowest BCUT2D eigenvalue weighted by Gasteiger charge is -2.09. The summed E-state index contributed by atoms with van der Waals surface area (Å²) in [6, 6.07) is 10.2. The first-order valence-corrected chi connectivity index (χ1v) is 5.33. The second-order valence-corrected chi connectivity index (χ2v) is 3.76. The van der Waals surface area contributed by atoms with Crippen molar-refractivity contribution in [2.24, 2.45) is 0 Å². The molecule has 0 saturated heterocycles. The van der Waals surface area contributed by atoms with Crippen molar-refractivity contribution in [3.05, 3.63) is 42.1 Å². The Morgan fingerprint density at radius 1 is 1.38 bits per heavy atom. The highest BCUT2D eigenvalue weighted by Crippen LogP contribution is 2.15. The minimum Gasteiger partial charge on any atom is -0.300 e. The van der Waals surface area contributed by atoms with Crippen molar-refractivity contribution < 1.29 is 0 Å². The van der Waals surface area contributed by atoms with Gasteiger partial charge < -0.3 is 0 Å². The van der Waals surface area contributed by atoms with E-state index in [-0.39, 0.29) is 6.04 Å². The Labute approximate surface area is 95.7 Å². The smallest absolute Gasteiger partial charge is 0.0705 e. The Kier molecular flexibility index (Phi) is 3.19. The van der Waals surface area contributed by atoms with E-state index in [2.05, 4.69) is 22.3 Å². The first-order valence-electron chi connectivity index (χ1n) is 5.33. The third-order valence-corrected chi connectivity index (χ3v) is 2.59. The van der Waals surface area contributed by atoms with E-state index in [1.54, 1.807) is 0 Å². The van der Waals surface area contributed by atoms with E-state index in [1.807, 2.05) is 37.4 Å². The van der Waals surface area contributed by atoms with Gasteiger partial charge in [0.05, 0.1) is 11.6 Å². The van der Waals surface area contributed by atoms with Gasteiger partial charge in [-0.25, -0.2) is 0 Å². The van der Waals surface area contributed by atoms with Crippen molar-refractivity contribution in [2.75, 3.05) is 0 Å². The molecule has 2 nitrogen and oxygen atoms in total. The molecule has 0 bridgehead atoms. The third kappa shape index (κ3) is 2.21. The number of hydrogen-bond donors (Lipinski definition) is 1. The first kappa shape index (κ1) is 10.7. The monoisotopic (exact) mass is 210 g/mol. The minimum atomic E-state index is 0.0897. The molecule has 0 amide bonds. The molecule has 2 aromatic rings. The molecule has 1 aromatic heterocycles. The number of para-hydroxylation sites is 1. The lowest BCUT2D eigenvalue weighted by atomic mass is 10.1. The number of rotatable bonds is 3. The van der Waals surface area contributed by atoms with E-state index in [0.29, 0.717) is 0 Å². The van der Waals surface area contributed by atoms with Gasteiger partial charge in [0, 0.05) is 18.1 Å². The fourth-order valence-electron chi connectivity index (χ4n) is 1.63. The maximum absolute atomic E-state index is 5.32. The van der Waals surface area contributed by atoms with Crippen LogP contribution in [0.5, 0.6) is 0 Å². The standard InChI is InChI=1S/C14H14N2/c1-3-11(2)16-10-12-8-9-15-14-7-5-4-6-13(12)14/h1,4-9,11,16H,10H2,2H3. The summed E-state index contributed by atoms with van der Waals surface area (Å²) in [5.74, 6) is 2.66. The summed E-state index contributed by atoms with van der Waals surface area (Å²) < 4.78 is 0. The zero-order valence-electron chi connectivity index (χ0n) is 9.27. The molecule has 2 rings (SSSR count). The van der Waals surface area contributed by atoms with Crippen LogP contribution in [0.2, 0.25) is 0 Å². The molecule has 16 heavy (non-hydrogen) atoms. The van der Waals surface area contributed by atoms with Crippen molar-refractivity contribution in [3.63, 3.8) is 0 Å². The Morgan fingerprint density at radius 2 is 2.19 bits per heavy atom. The second-order valence-electron chi connectivity index (χ2n) is 3.76. The molecular formula is C14H14N2. The Balaban J connectivity index is 2.28. The average molecular weight is 210 g/mol. The summed E-state index contributed by atoms with van der Waals surface area (Å²) in [4.78, 5) is 4.32. The molecule has 0 spiro atoms. The summed E-state index contributed by atoms with van der Waals surface area (Å²) in [5.41, 5.74) is 2.25. The fraction of sp³-hybridized carbons (Fsp3) is 0.214. The number of hydrogen-bond acceptors (Lipinski definition) is 2. The van der Waals surface area contributed by atoms with Crippen molar-refractivity contribution in [2.45, 2.75) is 19.5 Å². The van der Waals surface area contributed by atoms with E-state index in [4.69, 9.17) is 6.42 Å². The van der Waals surface area contributed by atoms with Crippen molar-refractivity contribution in [1.82, 2.24) is 10.3 Å². The summed E-state index contributed by atoms with van der Waals surface area (Å²) in [5, 5.41) is 4.46. The number of terminal acetylenes is 1. The van der Waals surface area contributed by atoms with Crippen molar-refractivity contribution >= 4 is 10.9 Å². The molecule has 0 aliphatic carbocycles. The fourth-order valence-corrected chi connectivity index (χ4v) is 1.63. The molecule has 0 aliphatic heterocycles. The van der Waals surface area contributed by atoms with Crippen LogP contribution >= 0.6 is 0 Å². The molecule has 1 aromatic carbocycles. The van der Waals surface area contributed by atoms with E-state index in [9.17, 15) is 0 Å². The third-order valence-electron chi connectivity index (χ3n) is 2.59. The van der Waals surface area contributed by atoms with E-state index in [0.717, 1.165) is 12.1 Å². The van der Waals surface area contributed by atoms with Gasteiger partial charge in [-0.1, -0.05) is 24.1 Å². The van der Waals surface area contributed by atoms with Gasteiger partial charge in [-0.05, 0) is 24.6 Å². The number of nitrogens with one attached hydrogen (secondary N) is 1. The predicted octanol–water partition coefficient (Wildman–Crippen LogP) is 2.35. The first-order chi connectivity index (χ1) is 7.81. The molecule has 0 saturated carbocycles. The highest BCUT2D eigenvalue weighted by Gasteiger charge is 2.02. The molecule has 1 unspecified atom stereocenters. The zero-order chi connectivity index (χ0) is 11.4. The van der Waals surface area contributed by atoms with Gasteiger partial charge in [-0.3, -0.25) is 10.3 Å². The van der Waals surface area contributed by atoms with Crippen LogP contribution in [-0.4, -0.2) is 11.0 Å². The van der Waals surface area contributed by atoms with Crippen LogP contribution in [0.15, 0.2) is 36.5 Å². The number of benzene rings is 1. The quantitative estimate of drug-likeness (QED) is 0.786. The van der Waals surface area contributed by atoms with Gasteiger partial charge in [0.15, 0.2) is 0 Å². The normalized spacial score (nSPS) is 12.2. The maximum Gasteiger partial charge on any atom is 0.0705 e. The zero-order valence-corrected chi connectivity index (χ0v) is 9.27. The predicted molar refractivity (Wildman–Crippen MR) is 66.9 cm³/mol. The van der Waals surface area contributed by atoms with Crippen molar-refractivity contribution in [3.8, 4) is 12.3 Å². The second kappa shape index (κ2) is 4.78. The minimum absolute atomic E-state index is 0.0897. The van der Waals surface area contributed by atoms with Crippen LogP contribution in [0.25, 0.3) is 10.9 Å². The SMILES string of the molecule is C#CC(C)NCc1ccnc2ccccc12. The van der Waals surface area contributed by atoms with Crippen LogP contribution < -0.4 is 5.32 Å². The summed E-state index contributed by atoms with van der Waals surface area (Å²) in [7, 11) is 0. The molecule has 0 aliphatic rings. The lowest BCUT2D eigenvalue weighted by Crippen LogP contribution is -2.23. The van der Waals surface area contributed by atoms with E-state index >= 15 is 0 Å². The highest BCUT2D eigenvalue weighted by atomic mass is 14.9. The maximum atomic E-state index is 5.32. The van der Waals surface area contributed by atoms with Crippen molar-refractivity contribution in [1.29, 1.82) is 0 Å². The van der Waals surface area contributed by atoms with Gasteiger partial charge in [0.25, 0.3) is 0 Å². The lowest BCUT2D eigenvalue weighted by molar-refractivity contribution is 0.650. The number of aromatic nitrogens is 1. The highest BCUT2D eigenvalue weighted by molar-refractivity contribution is 5.81. The van der Waals surface area contributed by atoms with Gasteiger partial charge >= 0.3 is 0 Å². The Hall–Kier alpha value is -1.85. The average Bonchev–Trinajstić information content (AvgIpc) is 2.35. The molecule has 1 atom stereocenters. The van der Waals surface area contributed by atoms with Crippen LogP contribution in [-0.2, 0) is 6.54 Å². The number of nitrogens with zero attached hydrogens (tertiary/aromatic N) is 1. The van der Waals surface area contributed by atoms with Gasteiger partial charge in [0.2, 0.25) is 0 Å². The van der Waals surface area contributed by atoms with Crippen LogP contribution in [0.4, 0.5) is 0 Å². The van der Waals surface area contributed by atoms with Crippen LogP contribution in [0, 0.1) is 12.3 Å². The summed E-state index contributed by atoms with van der Waals surface area (Å²) in [6.07, 6.45) is 7.16. The van der Waals surface area contributed by atoms with Gasteiger partial charge in [0.1, 0.15) is 0 Å². The molecule has 80 valence electrons. The van der Waals surface area contributed by atoms with E-state index in [1.165, 1.54) is 10.9 Å². The Morgan fingerprint density at radius 3 is 3.00 bits per heavy atom. The molecule has 2 heteroatoms. The molecule has 1 heterocycles. The Bertz CT molecular complexity index is 520. The molecule has 0 fully saturated rings. The van der Waals surface area contributed by atoms with E-state index < -0.39 is 0 Å². The van der Waals surface area contributed by atoms with Crippen LogP contribution in [0.3, 0.4) is 0 Å². The molecular weight excluding hydrogens is 196 g/mol. The topological polar surface area (TPSA) is 24.9 Å². The number of pyridine rings is 1. The molecule has 0 radical (unpaired) electrons. The summed E-state index contributed by atoms with van der Waals surface area (Å²) in [6.45, 7) is 2.75. The van der Waals surface area contributed by atoms with Gasteiger partial charge in [-0.2, -0.15) is 0 Å². The number of fused-ring (bicyclic) bond motifs is 1. The largest absolute Gasteiger partial charge is 0.300 e.